The minimum atomic E-state index is -0.665. The van der Waals surface area contributed by atoms with Crippen LogP contribution in [0.15, 0.2) is 24.3 Å². The molecule has 1 aromatic carbocycles. The second-order valence-corrected chi connectivity index (χ2v) is 7.00. The number of piperazine rings is 1. The summed E-state index contributed by atoms with van der Waals surface area (Å²) < 4.78 is 0. The van der Waals surface area contributed by atoms with Gasteiger partial charge in [0.25, 0.3) is 5.91 Å². The lowest BCUT2D eigenvalue weighted by molar-refractivity contribution is -0.138. The number of hydrogen-bond donors (Lipinski definition) is 1. The van der Waals surface area contributed by atoms with Gasteiger partial charge in [0.15, 0.2) is 0 Å². The average Bonchev–Trinajstić information content (AvgIpc) is 3.08. The molecule has 5 heteroatoms. The van der Waals surface area contributed by atoms with Gasteiger partial charge in [0.05, 0.1) is 5.54 Å². The van der Waals surface area contributed by atoms with Gasteiger partial charge in [-0.15, -0.1) is 0 Å². The zero-order chi connectivity index (χ0) is 17.2. The van der Waals surface area contributed by atoms with E-state index in [1.807, 2.05) is 34.1 Å². The van der Waals surface area contributed by atoms with Crippen molar-refractivity contribution in [2.45, 2.75) is 44.6 Å². The Morgan fingerprint density at radius 2 is 1.54 bits per heavy atom. The van der Waals surface area contributed by atoms with E-state index < -0.39 is 5.54 Å². The van der Waals surface area contributed by atoms with E-state index in [0.29, 0.717) is 26.2 Å². The Labute approximate surface area is 143 Å². The van der Waals surface area contributed by atoms with Crippen LogP contribution in [0.25, 0.3) is 0 Å². The predicted octanol–water partition coefficient (Wildman–Crippen LogP) is 1.80. The average molecular weight is 329 g/mol. The van der Waals surface area contributed by atoms with Crippen molar-refractivity contribution < 1.29 is 9.59 Å². The number of nitrogens with two attached hydrogens (primary N) is 1. The van der Waals surface area contributed by atoms with E-state index in [0.717, 1.165) is 37.7 Å². The number of hydrogen-bond acceptors (Lipinski definition) is 3. The van der Waals surface area contributed by atoms with Crippen LogP contribution in [-0.2, 0) is 11.2 Å². The second-order valence-electron chi connectivity index (χ2n) is 7.00. The predicted molar refractivity (Wildman–Crippen MR) is 93.7 cm³/mol. The summed E-state index contributed by atoms with van der Waals surface area (Å²) in [5.74, 6) is 0.118. The van der Waals surface area contributed by atoms with Crippen LogP contribution in [0.1, 0.15) is 48.5 Å². The first-order valence-electron chi connectivity index (χ1n) is 9.00. The number of nitrogens with zero attached hydrogens (tertiary/aromatic N) is 2. The Kier molecular flexibility index (Phi) is 4.90. The van der Waals surface area contributed by atoms with Crippen LogP contribution in [0.4, 0.5) is 0 Å². The van der Waals surface area contributed by atoms with E-state index >= 15 is 0 Å². The molecule has 0 spiro atoms. The maximum Gasteiger partial charge on any atom is 0.253 e. The Morgan fingerprint density at radius 1 is 1.00 bits per heavy atom. The van der Waals surface area contributed by atoms with Crippen molar-refractivity contribution in [2.75, 3.05) is 26.2 Å². The van der Waals surface area contributed by atoms with Crippen LogP contribution in [0, 0.1) is 0 Å². The van der Waals surface area contributed by atoms with Gasteiger partial charge in [0.1, 0.15) is 0 Å². The number of aryl methyl sites for hydroxylation is 1. The molecule has 1 aliphatic carbocycles. The fourth-order valence-corrected chi connectivity index (χ4v) is 3.71. The Bertz CT molecular complexity index is 598. The molecule has 2 fully saturated rings. The van der Waals surface area contributed by atoms with Crippen LogP contribution >= 0.6 is 0 Å². The van der Waals surface area contributed by atoms with Gasteiger partial charge in [0.2, 0.25) is 5.91 Å². The van der Waals surface area contributed by atoms with Crippen LogP contribution in [-0.4, -0.2) is 53.3 Å². The zero-order valence-corrected chi connectivity index (χ0v) is 14.5. The van der Waals surface area contributed by atoms with Crippen molar-refractivity contribution >= 4 is 11.8 Å². The van der Waals surface area contributed by atoms with Crippen molar-refractivity contribution in [3.05, 3.63) is 35.4 Å². The summed E-state index contributed by atoms with van der Waals surface area (Å²) >= 11 is 0. The molecule has 3 rings (SSSR count). The monoisotopic (exact) mass is 329 g/mol. The fourth-order valence-electron chi connectivity index (χ4n) is 3.71. The van der Waals surface area contributed by atoms with Crippen molar-refractivity contribution in [2.24, 2.45) is 5.73 Å². The summed E-state index contributed by atoms with van der Waals surface area (Å²) in [5.41, 5.74) is 7.56. The minimum absolute atomic E-state index is 0.0491. The lowest BCUT2D eigenvalue weighted by Crippen LogP contribution is -2.59. The first-order chi connectivity index (χ1) is 11.5. The van der Waals surface area contributed by atoms with E-state index in [-0.39, 0.29) is 11.8 Å². The highest BCUT2D eigenvalue weighted by molar-refractivity contribution is 5.94. The van der Waals surface area contributed by atoms with Gasteiger partial charge < -0.3 is 15.5 Å². The highest BCUT2D eigenvalue weighted by atomic mass is 16.2. The van der Waals surface area contributed by atoms with E-state index in [4.69, 9.17) is 5.73 Å². The van der Waals surface area contributed by atoms with Crippen LogP contribution < -0.4 is 5.73 Å². The molecule has 1 saturated carbocycles. The second kappa shape index (κ2) is 6.93. The van der Waals surface area contributed by atoms with Gasteiger partial charge in [-0.25, -0.2) is 0 Å². The molecule has 2 aliphatic rings. The van der Waals surface area contributed by atoms with Crippen molar-refractivity contribution in [3.63, 3.8) is 0 Å². The molecule has 1 saturated heterocycles. The maximum atomic E-state index is 12.6. The molecule has 0 bridgehead atoms. The third kappa shape index (κ3) is 3.31. The summed E-state index contributed by atoms with van der Waals surface area (Å²) in [5, 5.41) is 0. The number of benzene rings is 1. The van der Waals surface area contributed by atoms with E-state index in [2.05, 4.69) is 6.92 Å². The smallest absolute Gasteiger partial charge is 0.253 e. The summed E-state index contributed by atoms with van der Waals surface area (Å²) in [4.78, 5) is 28.9. The first kappa shape index (κ1) is 17.0. The standard InChI is InChI=1S/C19H27N3O2/c1-2-15-5-7-16(8-6-15)17(23)21-11-13-22(14-12-21)18(24)19(20)9-3-4-10-19/h5-8H,2-4,9-14,20H2,1H3. The van der Waals surface area contributed by atoms with Gasteiger partial charge in [-0.05, 0) is 37.0 Å². The number of carbonyl (C=O) groups is 2. The number of rotatable bonds is 3. The van der Waals surface area contributed by atoms with Gasteiger partial charge in [-0.2, -0.15) is 0 Å². The molecule has 0 radical (unpaired) electrons. The molecule has 0 aromatic heterocycles. The lowest BCUT2D eigenvalue weighted by atomic mass is 9.97. The quantitative estimate of drug-likeness (QED) is 0.919. The topological polar surface area (TPSA) is 66.6 Å². The van der Waals surface area contributed by atoms with Crippen molar-refractivity contribution in [1.82, 2.24) is 9.80 Å². The molecule has 24 heavy (non-hydrogen) atoms. The Hall–Kier alpha value is -1.88. The summed E-state index contributed by atoms with van der Waals surface area (Å²) in [6.45, 7) is 4.42. The maximum absolute atomic E-state index is 12.6. The van der Waals surface area contributed by atoms with Crippen LogP contribution in [0.2, 0.25) is 0 Å². The molecule has 2 N–H and O–H groups in total. The molecule has 0 unspecified atom stereocenters. The van der Waals surface area contributed by atoms with Gasteiger partial charge in [-0.1, -0.05) is 31.9 Å². The molecule has 1 aliphatic heterocycles. The molecule has 1 heterocycles. The van der Waals surface area contributed by atoms with E-state index in [1.165, 1.54) is 5.56 Å². The normalized spacial score (nSPS) is 20.2. The van der Waals surface area contributed by atoms with Crippen LogP contribution in [0.5, 0.6) is 0 Å². The van der Waals surface area contributed by atoms with Gasteiger partial charge in [-0.3, -0.25) is 9.59 Å². The summed E-state index contributed by atoms with van der Waals surface area (Å²) in [6, 6.07) is 7.80. The number of carbonyl (C=O) groups excluding carboxylic acids is 2. The molecule has 1 aromatic rings. The molecule has 0 atom stereocenters. The first-order valence-corrected chi connectivity index (χ1v) is 9.00. The fraction of sp³-hybridized carbons (Fsp3) is 0.579. The molecule has 5 nitrogen and oxygen atoms in total. The van der Waals surface area contributed by atoms with E-state index in [9.17, 15) is 9.59 Å². The van der Waals surface area contributed by atoms with Crippen molar-refractivity contribution in [3.8, 4) is 0 Å². The zero-order valence-electron chi connectivity index (χ0n) is 14.5. The summed E-state index contributed by atoms with van der Waals surface area (Å²) in [7, 11) is 0. The highest BCUT2D eigenvalue weighted by Gasteiger charge is 2.40. The largest absolute Gasteiger partial charge is 0.338 e. The third-order valence-corrected chi connectivity index (χ3v) is 5.38. The van der Waals surface area contributed by atoms with Crippen molar-refractivity contribution in [1.29, 1.82) is 0 Å². The van der Waals surface area contributed by atoms with Gasteiger partial charge >= 0.3 is 0 Å². The number of amides is 2. The molecule has 2 amide bonds. The highest BCUT2D eigenvalue weighted by Crippen LogP contribution is 2.29. The lowest BCUT2D eigenvalue weighted by Gasteiger charge is -2.38. The van der Waals surface area contributed by atoms with Crippen LogP contribution in [0.3, 0.4) is 0 Å². The van der Waals surface area contributed by atoms with E-state index in [1.54, 1.807) is 0 Å². The third-order valence-electron chi connectivity index (χ3n) is 5.38. The SMILES string of the molecule is CCc1ccc(C(=O)N2CCN(C(=O)C3(N)CCCC3)CC2)cc1. The molecular formula is C19H27N3O2. The Balaban J connectivity index is 1.58. The summed E-state index contributed by atoms with van der Waals surface area (Å²) in [6.07, 6.45) is 4.61. The minimum Gasteiger partial charge on any atom is -0.338 e. The Morgan fingerprint density at radius 3 is 2.08 bits per heavy atom. The van der Waals surface area contributed by atoms with Gasteiger partial charge in [0, 0.05) is 31.7 Å². The molecular weight excluding hydrogens is 302 g/mol. The molecule has 130 valence electrons.